The van der Waals surface area contributed by atoms with Gasteiger partial charge in [-0.15, -0.1) is 0 Å². The summed E-state index contributed by atoms with van der Waals surface area (Å²) in [6.45, 7) is 12.5. The number of aliphatic hydroxyl groups excluding tert-OH is 1. The molecule has 5 heteroatoms. The number of hydrogen-bond acceptors (Lipinski definition) is 3. The summed E-state index contributed by atoms with van der Waals surface area (Å²) in [6.07, 6.45) is 3.07. The Morgan fingerprint density at radius 3 is 2.39 bits per heavy atom. The molecule has 1 aromatic rings. The maximum Gasteiger partial charge on any atom is 0.272 e. The van der Waals surface area contributed by atoms with E-state index in [9.17, 15) is 9.90 Å². The summed E-state index contributed by atoms with van der Waals surface area (Å²) >= 11 is 0. The van der Waals surface area contributed by atoms with Gasteiger partial charge in [-0.3, -0.25) is 9.48 Å². The molecule has 1 heterocycles. The average molecular weight is 321 g/mol. The van der Waals surface area contributed by atoms with Crippen molar-refractivity contribution in [2.45, 2.75) is 78.3 Å². The van der Waals surface area contributed by atoms with E-state index in [0.29, 0.717) is 11.6 Å². The molecule has 0 saturated heterocycles. The van der Waals surface area contributed by atoms with Crippen molar-refractivity contribution in [2.24, 2.45) is 5.41 Å². The third-order valence-corrected chi connectivity index (χ3v) is 4.01. The highest BCUT2D eigenvalue weighted by molar-refractivity contribution is 5.92. The Morgan fingerprint density at radius 1 is 1.35 bits per heavy atom. The maximum atomic E-state index is 12.5. The van der Waals surface area contributed by atoms with Gasteiger partial charge in [-0.05, 0) is 51.5 Å². The molecule has 1 aliphatic carbocycles. The van der Waals surface area contributed by atoms with Crippen LogP contribution in [-0.4, -0.2) is 33.4 Å². The third kappa shape index (κ3) is 4.80. The van der Waals surface area contributed by atoms with Gasteiger partial charge in [-0.1, -0.05) is 20.8 Å². The lowest BCUT2D eigenvalue weighted by atomic mass is 9.88. The lowest BCUT2D eigenvalue weighted by Gasteiger charge is -2.25. The SMILES string of the molecule is CC(C)(C)CC(CO)NC(=O)c1cc(C2CC2)n(C(C)(C)C)n1. The summed E-state index contributed by atoms with van der Waals surface area (Å²) in [4.78, 5) is 12.5. The van der Waals surface area contributed by atoms with Crippen LogP contribution in [0.25, 0.3) is 0 Å². The van der Waals surface area contributed by atoms with E-state index in [1.54, 1.807) is 0 Å². The fourth-order valence-corrected chi connectivity index (χ4v) is 2.87. The molecule has 1 unspecified atom stereocenters. The summed E-state index contributed by atoms with van der Waals surface area (Å²) in [5.41, 5.74) is 1.51. The predicted molar refractivity (Wildman–Crippen MR) is 91.6 cm³/mol. The van der Waals surface area contributed by atoms with Gasteiger partial charge in [-0.2, -0.15) is 5.10 Å². The van der Waals surface area contributed by atoms with E-state index in [-0.39, 0.29) is 29.5 Å². The lowest BCUT2D eigenvalue weighted by molar-refractivity contribution is 0.0891. The molecule has 1 atom stereocenters. The van der Waals surface area contributed by atoms with Crippen molar-refractivity contribution in [3.63, 3.8) is 0 Å². The van der Waals surface area contributed by atoms with Crippen LogP contribution in [0.2, 0.25) is 0 Å². The number of nitrogens with one attached hydrogen (secondary N) is 1. The fraction of sp³-hybridized carbons (Fsp3) is 0.778. The van der Waals surface area contributed by atoms with Gasteiger partial charge in [0.25, 0.3) is 5.91 Å². The van der Waals surface area contributed by atoms with E-state index in [0.717, 1.165) is 12.1 Å². The van der Waals surface area contributed by atoms with Crippen molar-refractivity contribution in [1.82, 2.24) is 15.1 Å². The molecule has 1 saturated carbocycles. The number of rotatable bonds is 5. The van der Waals surface area contributed by atoms with Gasteiger partial charge in [-0.25, -0.2) is 0 Å². The first kappa shape index (κ1) is 18.0. The molecule has 1 amide bonds. The topological polar surface area (TPSA) is 67.2 Å². The Kier molecular flexibility index (Phi) is 4.90. The van der Waals surface area contributed by atoms with Crippen LogP contribution in [0.3, 0.4) is 0 Å². The molecule has 5 nitrogen and oxygen atoms in total. The van der Waals surface area contributed by atoms with Gasteiger partial charge in [0.2, 0.25) is 0 Å². The van der Waals surface area contributed by atoms with Gasteiger partial charge >= 0.3 is 0 Å². The van der Waals surface area contributed by atoms with Crippen molar-refractivity contribution < 1.29 is 9.90 Å². The second-order valence-electron chi connectivity index (χ2n) is 8.93. The molecular weight excluding hydrogens is 290 g/mol. The zero-order valence-corrected chi connectivity index (χ0v) is 15.3. The van der Waals surface area contributed by atoms with Crippen LogP contribution in [0.5, 0.6) is 0 Å². The lowest BCUT2D eigenvalue weighted by Crippen LogP contribution is -2.40. The van der Waals surface area contributed by atoms with E-state index in [1.807, 2.05) is 10.7 Å². The van der Waals surface area contributed by atoms with Crippen LogP contribution >= 0.6 is 0 Å². The van der Waals surface area contributed by atoms with Crippen LogP contribution in [-0.2, 0) is 5.54 Å². The van der Waals surface area contributed by atoms with E-state index in [1.165, 1.54) is 12.8 Å². The minimum absolute atomic E-state index is 0.0462. The Balaban J connectivity index is 2.16. The molecule has 0 aromatic carbocycles. The second-order valence-corrected chi connectivity index (χ2v) is 8.93. The zero-order chi connectivity index (χ0) is 17.4. The van der Waals surface area contributed by atoms with E-state index < -0.39 is 0 Å². The van der Waals surface area contributed by atoms with Crippen molar-refractivity contribution in [1.29, 1.82) is 0 Å². The zero-order valence-electron chi connectivity index (χ0n) is 15.3. The van der Waals surface area contributed by atoms with Crippen molar-refractivity contribution >= 4 is 5.91 Å². The largest absolute Gasteiger partial charge is 0.394 e. The summed E-state index contributed by atoms with van der Waals surface area (Å²) in [5, 5.41) is 17.0. The van der Waals surface area contributed by atoms with Gasteiger partial charge in [0.1, 0.15) is 5.69 Å². The third-order valence-electron chi connectivity index (χ3n) is 4.01. The van der Waals surface area contributed by atoms with E-state index >= 15 is 0 Å². The van der Waals surface area contributed by atoms with Crippen molar-refractivity contribution in [3.8, 4) is 0 Å². The monoisotopic (exact) mass is 321 g/mol. The smallest absolute Gasteiger partial charge is 0.272 e. The van der Waals surface area contributed by atoms with Crippen LogP contribution in [0.1, 0.15) is 82.9 Å². The van der Waals surface area contributed by atoms with Crippen LogP contribution in [0.4, 0.5) is 0 Å². The standard InChI is InChI=1S/C18H31N3O2/c1-17(2,3)10-13(11-22)19-16(23)14-9-15(12-7-8-12)21(20-14)18(4,5)6/h9,12-13,22H,7-8,10-11H2,1-6H3,(H,19,23). The molecule has 1 fully saturated rings. The number of nitrogens with zero attached hydrogens (tertiary/aromatic N) is 2. The Bertz CT molecular complexity index is 560. The minimum atomic E-state index is -0.244. The summed E-state index contributed by atoms with van der Waals surface area (Å²) in [6, 6.07) is 1.68. The first-order valence-corrected chi connectivity index (χ1v) is 8.53. The first-order valence-electron chi connectivity index (χ1n) is 8.53. The number of aliphatic hydroxyl groups is 1. The molecule has 0 spiro atoms. The highest BCUT2D eigenvalue weighted by Crippen LogP contribution is 2.41. The van der Waals surface area contributed by atoms with Gasteiger partial charge in [0.15, 0.2) is 0 Å². The molecule has 0 radical (unpaired) electrons. The first-order chi connectivity index (χ1) is 10.5. The maximum absolute atomic E-state index is 12.5. The highest BCUT2D eigenvalue weighted by atomic mass is 16.3. The highest BCUT2D eigenvalue weighted by Gasteiger charge is 2.33. The molecule has 2 rings (SSSR count). The predicted octanol–water partition coefficient (Wildman–Crippen LogP) is 3.04. The van der Waals surface area contributed by atoms with Gasteiger partial charge in [0, 0.05) is 11.6 Å². The van der Waals surface area contributed by atoms with Crippen molar-refractivity contribution in [3.05, 3.63) is 17.5 Å². The summed E-state index contributed by atoms with van der Waals surface area (Å²) in [5.74, 6) is 0.338. The molecule has 0 bridgehead atoms. The Labute approximate surface area is 139 Å². The Hall–Kier alpha value is -1.36. The Morgan fingerprint density at radius 2 is 1.96 bits per heavy atom. The van der Waals surface area contributed by atoms with E-state index in [4.69, 9.17) is 0 Å². The summed E-state index contributed by atoms with van der Waals surface area (Å²) < 4.78 is 1.98. The molecule has 2 N–H and O–H groups in total. The minimum Gasteiger partial charge on any atom is -0.394 e. The number of carbonyl (C=O) groups excluding carboxylic acids is 1. The molecule has 130 valence electrons. The summed E-state index contributed by atoms with van der Waals surface area (Å²) in [7, 11) is 0. The normalized spacial score (nSPS) is 17.2. The van der Waals surface area contributed by atoms with Crippen LogP contribution in [0.15, 0.2) is 6.07 Å². The van der Waals surface area contributed by atoms with Gasteiger partial charge < -0.3 is 10.4 Å². The van der Waals surface area contributed by atoms with Crippen LogP contribution in [0, 0.1) is 5.41 Å². The number of aromatic nitrogens is 2. The molecule has 1 aliphatic rings. The second kappa shape index (κ2) is 6.27. The molecule has 23 heavy (non-hydrogen) atoms. The average Bonchev–Trinajstić information content (AvgIpc) is 3.13. The van der Waals surface area contributed by atoms with Crippen LogP contribution < -0.4 is 5.32 Å². The number of amides is 1. The molecule has 1 aromatic heterocycles. The molecule has 0 aliphatic heterocycles. The van der Waals surface area contributed by atoms with E-state index in [2.05, 4.69) is 52.0 Å². The van der Waals surface area contributed by atoms with Gasteiger partial charge in [0.05, 0.1) is 18.2 Å². The number of hydrogen-bond donors (Lipinski definition) is 2. The number of carbonyl (C=O) groups is 1. The quantitative estimate of drug-likeness (QED) is 0.876. The molecular formula is C18H31N3O2. The van der Waals surface area contributed by atoms with Crippen molar-refractivity contribution in [2.75, 3.05) is 6.61 Å². The fourth-order valence-electron chi connectivity index (χ4n) is 2.87.